The molecule has 0 spiro atoms. The molecule has 1 saturated heterocycles. The van der Waals surface area contributed by atoms with Crippen molar-refractivity contribution in [2.75, 3.05) is 39.4 Å². The van der Waals surface area contributed by atoms with Crippen LogP contribution in [0.5, 0.6) is 0 Å². The average molecular weight is 566 g/mol. The maximum absolute atomic E-state index is 13.4. The molecule has 2 aromatic rings. The van der Waals surface area contributed by atoms with Gasteiger partial charge in [-0.25, -0.2) is 8.42 Å². The zero-order valence-corrected chi connectivity index (χ0v) is 23.8. The van der Waals surface area contributed by atoms with Crippen molar-refractivity contribution in [2.24, 2.45) is 0 Å². The lowest BCUT2D eigenvalue weighted by Gasteiger charge is -2.27. The van der Waals surface area contributed by atoms with Crippen LogP contribution in [0.15, 0.2) is 29.2 Å². The predicted molar refractivity (Wildman–Crippen MR) is 146 cm³/mol. The van der Waals surface area contributed by atoms with Crippen LogP contribution in [0, 0.1) is 6.92 Å². The largest absolute Gasteiger partial charge is 0.370 e. The van der Waals surface area contributed by atoms with Crippen molar-refractivity contribution in [3.63, 3.8) is 0 Å². The van der Waals surface area contributed by atoms with E-state index >= 15 is 0 Å². The van der Waals surface area contributed by atoms with E-state index in [0.717, 1.165) is 25.8 Å². The van der Waals surface area contributed by atoms with Gasteiger partial charge in [-0.15, -0.1) is 11.3 Å². The van der Waals surface area contributed by atoms with E-state index in [4.69, 9.17) is 16.3 Å². The third-order valence-electron chi connectivity index (χ3n) is 7.46. The number of carbonyl (C=O) groups is 1. The van der Waals surface area contributed by atoms with Crippen LogP contribution in [-0.4, -0.2) is 73.9 Å². The van der Waals surface area contributed by atoms with E-state index in [-0.39, 0.29) is 41.6 Å². The number of rotatable bonds is 10. The van der Waals surface area contributed by atoms with E-state index in [1.807, 2.05) is 16.2 Å². The minimum atomic E-state index is -3.74. The van der Waals surface area contributed by atoms with Gasteiger partial charge in [-0.1, -0.05) is 30.2 Å². The minimum absolute atomic E-state index is 0.0294. The lowest BCUT2D eigenvalue weighted by molar-refractivity contribution is -0.137. The standard InChI is InChI=1S/C27H36ClN3O4S2/c1-20-6-5-7-24(28)27(20)37(33,34)31(22-8-9-22)14-15-35-19-26(32)30-13-10-25-21(17-30)16-23(36-25)18-29-11-3-2-4-12-29/h5-7,16,22H,2-4,8-15,17-19H2,1H3. The fourth-order valence-corrected chi connectivity index (χ4v) is 9.02. The molecule has 202 valence electrons. The zero-order valence-electron chi connectivity index (χ0n) is 21.5. The van der Waals surface area contributed by atoms with E-state index in [9.17, 15) is 13.2 Å². The number of carbonyl (C=O) groups excluding carboxylic acids is 1. The fourth-order valence-electron chi connectivity index (χ4n) is 5.35. The average Bonchev–Trinajstić information content (AvgIpc) is 3.62. The van der Waals surface area contributed by atoms with Gasteiger partial charge in [-0.3, -0.25) is 9.69 Å². The Kier molecular flexibility index (Phi) is 8.58. The molecule has 0 bridgehead atoms. The molecule has 3 aliphatic rings. The third kappa shape index (κ3) is 6.40. The Morgan fingerprint density at radius 1 is 1.19 bits per heavy atom. The van der Waals surface area contributed by atoms with Gasteiger partial charge in [0.2, 0.25) is 15.9 Å². The summed E-state index contributed by atoms with van der Waals surface area (Å²) in [5.74, 6) is -0.0443. The summed E-state index contributed by atoms with van der Waals surface area (Å²) in [6, 6.07) is 7.37. The Morgan fingerprint density at radius 2 is 1.97 bits per heavy atom. The highest BCUT2D eigenvalue weighted by Gasteiger charge is 2.39. The van der Waals surface area contributed by atoms with Gasteiger partial charge in [0.15, 0.2) is 0 Å². The Morgan fingerprint density at radius 3 is 2.70 bits per heavy atom. The Labute approximate surface area is 229 Å². The molecule has 3 heterocycles. The van der Waals surface area contributed by atoms with Crippen LogP contribution in [0.2, 0.25) is 5.02 Å². The molecule has 0 unspecified atom stereocenters. The molecular formula is C27H36ClN3O4S2. The summed E-state index contributed by atoms with van der Waals surface area (Å²) in [7, 11) is -3.74. The van der Waals surface area contributed by atoms with E-state index in [1.165, 1.54) is 52.0 Å². The summed E-state index contributed by atoms with van der Waals surface area (Å²) < 4.78 is 34.0. The normalized spacial score (nSPS) is 18.8. The van der Waals surface area contributed by atoms with Crippen molar-refractivity contribution >= 4 is 38.9 Å². The van der Waals surface area contributed by atoms with Crippen LogP contribution < -0.4 is 0 Å². The Bertz CT molecular complexity index is 1200. The monoisotopic (exact) mass is 565 g/mol. The molecule has 1 aliphatic carbocycles. The van der Waals surface area contributed by atoms with Gasteiger partial charge in [0.25, 0.3) is 0 Å². The van der Waals surface area contributed by atoms with Crippen LogP contribution in [0.4, 0.5) is 0 Å². The summed E-state index contributed by atoms with van der Waals surface area (Å²) in [4.78, 5) is 20.2. The minimum Gasteiger partial charge on any atom is -0.370 e. The lowest BCUT2D eigenvalue weighted by atomic mass is 10.1. The molecule has 0 N–H and O–H groups in total. The fraction of sp³-hybridized carbons (Fsp3) is 0.593. The van der Waals surface area contributed by atoms with E-state index in [1.54, 1.807) is 25.1 Å². The van der Waals surface area contributed by atoms with Crippen LogP contribution >= 0.6 is 22.9 Å². The van der Waals surface area contributed by atoms with Gasteiger partial charge in [-0.2, -0.15) is 4.31 Å². The number of fused-ring (bicyclic) bond motifs is 1. The first-order valence-electron chi connectivity index (χ1n) is 13.3. The van der Waals surface area contributed by atoms with Gasteiger partial charge in [-0.05, 0) is 75.4 Å². The van der Waals surface area contributed by atoms with E-state index < -0.39 is 10.0 Å². The SMILES string of the molecule is Cc1cccc(Cl)c1S(=O)(=O)N(CCOCC(=O)N1CCc2sc(CN3CCCCC3)cc2C1)C1CC1. The van der Waals surface area contributed by atoms with Crippen molar-refractivity contribution < 1.29 is 17.9 Å². The first-order chi connectivity index (χ1) is 17.8. The van der Waals surface area contributed by atoms with Crippen LogP contribution in [0.3, 0.4) is 0 Å². The van der Waals surface area contributed by atoms with E-state index in [0.29, 0.717) is 18.7 Å². The first-order valence-corrected chi connectivity index (χ1v) is 15.9. The zero-order chi connectivity index (χ0) is 26.0. The molecule has 1 saturated carbocycles. The van der Waals surface area contributed by atoms with Crippen molar-refractivity contribution in [1.82, 2.24) is 14.1 Å². The smallest absolute Gasteiger partial charge is 0.248 e. The highest BCUT2D eigenvalue weighted by Crippen LogP contribution is 2.35. The highest BCUT2D eigenvalue weighted by molar-refractivity contribution is 7.89. The number of halogens is 1. The Balaban J connectivity index is 1.12. The van der Waals surface area contributed by atoms with Crippen LogP contribution in [0.25, 0.3) is 0 Å². The maximum Gasteiger partial charge on any atom is 0.248 e. The van der Waals surface area contributed by atoms with E-state index in [2.05, 4.69) is 11.0 Å². The molecule has 37 heavy (non-hydrogen) atoms. The molecule has 1 amide bonds. The summed E-state index contributed by atoms with van der Waals surface area (Å²) in [5, 5.41) is 0.235. The van der Waals surface area contributed by atoms with Gasteiger partial charge in [0.1, 0.15) is 11.5 Å². The van der Waals surface area contributed by atoms with Crippen LogP contribution in [0.1, 0.15) is 53.0 Å². The number of ether oxygens (including phenoxy) is 1. The van der Waals surface area contributed by atoms with Crippen molar-refractivity contribution in [1.29, 1.82) is 0 Å². The number of benzene rings is 1. The first kappa shape index (κ1) is 27.1. The van der Waals surface area contributed by atoms with Gasteiger partial charge in [0, 0.05) is 42.0 Å². The van der Waals surface area contributed by atoms with Gasteiger partial charge < -0.3 is 9.64 Å². The molecule has 1 aromatic carbocycles. The maximum atomic E-state index is 13.4. The molecule has 7 nitrogen and oxygen atoms in total. The number of nitrogens with zero attached hydrogens (tertiary/aromatic N) is 3. The molecule has 10 heteroatoms. The van der Waals surface area contributed by atoms with Crippen molar-refractivity contribution in [3.05, 3.63) is 50.2 Å². The summed E-state index contributed by atoms with van der Waals surface area (Å²) in [6.45, 7) is 6.81. The number of hydrogen-bond acceptors (Lipinski definition) is 6. The van der Waals surface area contributed by atoms with Crippen molar-refractivity contribution in [2.45, 2.75) is 69.5 Å². The molecule has 0 radical (unpaired) electrons. The number of hydrogen-bond donors (Lipinski definition) is 0. The number of thiophene rings is 1. The summed E-state index contributed by atoms with van der Waals surface area (Å²) in [6.07, 6.45) is 6.47. The molecule has 0 atom stereocenters. The summed E-state index contributed by atoms with van der Waals surface area (Å²) in [5.41, 5.74) is 1.89. The molecule has 2 fully saturated rings. The summed E-state index contributed by atoms with van der Waals surface area (Å²) >= 11 is 8.17. The second-order valence-electron chi connectivity index (χ2n) is 10.3. The topological polar surface area (TPSA) is 70.2 Å². The number of piperidine rings is 1. The second-order valence-corrected chi connectivity index (χ2v) is 13.8. The third-order valence-corrected chi connectivity index (χ3v) is 11.3. The molecule has 5 rings (SSSR count). The quantitative estimate of drug-likeness (QED) is 0.398. The second kappa shape index (κ2) is 11.7. The van der Waals surface area contributed by atoms with Crippen molar-refractivity contribution in [3.8, 4) is 0 Å². The van der Waals surface area contributed by atoms with Crippen LogP contribution in [-0.2, 0) is 39.1 Å². The van der Waals surface area contributed by atoms with Gasteiger partial charge >= 0.3 is 0 Å². The number of sulfonamides is 1. The predicted octanol–water partition coefficient (Wildman–Crippen LogP) is 4.45. The Hall–Kier alpha value is -1.49. The number of aryl methyl sites for hydroxylation is 1. The lowest BCUT2D eigenvalue weighted by Crippen LogP contribution is -2.39. The number of amides is 1. The molecular weight excluding hydrogens is 530 g/mol. The highest BCUT2D eigenvalue weighted by atomic mass is 35.5. The molecule has 2 aliphatic heterocycles. The number of likely N-dealkylation sites (tertiary alicyclic amines) is 1. The molecule has 1 aromatic heterocycles. The van der Waals surface area contributed by atoms with Gasteiger partial charge in [0.05, 0.1) is 11.6 Å².